The van der Waals surface area contributed by atoms with Gasteiger partial charge in [0.05, 0.1) is 39.7 Å². The molecule has 0 spiro atoms. The van der Waals surface area contributed by atoms with Crippen LogP contribution in [-0.4, -0.2) is 97.4 Å². The molecule has 0 radical (unpaired) electrons. The fourth-order valence-corrected chi connectivity index (χ4v) is 4.91. The van der Waals surface area contributed by atoms with Gasteiger partial charge in [0, 0.05) is 38.3 Å². The van der Waals surface area contributed by atoms with E-state index in [0.29, 0.717) is 51.9 Å². The van der Waals surface area contributed by atoms with Crippen molar-refractivity contribution in [3.05, 3.63) is 105 Å². The Morgan fingerprint density at radius 3 is 1.90 bits per heavy atom. The molecule has 2 aromatic rings. The number of carbonyl (C=O) groups is 3. The number of nitrogens with two attached hydrogens (primary N) is 1. The molecule has 2 aromatic carbocycles. The first-order chi connectivity index (χ1) is 23.6. The molecular weight excluding hydrogens is 640 g/mol. The summed E-state index contributed by atoms with van der Waals surface area (Å²) in [5.41, 5.74) is 5.15. The SMILES string of the molecule is C=CCOC(=O)N(CCCN)CCCCN(CCCNC(c1ccccc1[N+](=O)[O-])c1ccc(C(=O)OC)cc1[N+](=O)[O-])C(=O)OCC=C. The first kappa shape index (κ1) is 39.8. The number of nitrogens with one attached hydrogen (secondary N) is 1. The Bertz CT molecular complexity index is 1450. The Morgan fingerprint density at radius 1 is 0.837 bits per heavy atom. The number of unbranched alkanes of at least 4 members (excludes halogenated alkanes) is 1. The molecule has 0 heterocycles. The van der Waals surface area contributed by atoms with Crippen molar-refractivity contribution in [1.29, 1.82) is 0 Å². The Hall–Kier alpha value is -5.35. The van der Waals surface area contributed by atoms with Crippen molar-refractivity contribution >= 4 is 29.5 Å². The number of nitro benzene ring substituents is 2. The molecule has 0 bridgehead atoms. The zero-order chi connectivity index (χ0) is 36.2. The number of methoxy groups -OCH3 is 1. The lowest BCUT2D eigenvalue weighted by atomic mass is 9.94. The Kier molecular flexibility index (Phi) is 17.5. The predicted octanol–water partition coefficient (Wildman–Crippen LogP) is 4.74. The summed E-state index contributed by atoms with van der Waals surface area (Å²) in [4.78, 5) is 63.2. The molecule has 49 heavy (non-hydrogen) atoms. The Morgan fingerprint density at radius 2 is 1.37 bits per heavy atom. The van der Waals surface area contributed by atoms with E-state index in [4.69, 9.17) is 19.9 Å². The summed E-state index contributed by atoms with van der Waals surface area (Å²) in [6.45, 7) is 9.12. The maximum absolute atomic E-state index is 12.9. The molecule has 2 rings (SSSR count). The van der Waals surface area contributed by atoms with Gasteiger partial charge in [-0.3, -0.25) is 20.2 Å². The van der Waals surface area contributed by atoms with Crippen LogP contribution in [0, 0.1) is 20.2 Å². The molecule has 2 amide bonds. The molecule has 0 aliphatic carbocycles. The number of nitrogens with zero attached hydrogens (tertiary/aromatic N) is 4. The number of benzene rings is 2. The number of rotatable bonds is 22. The quantitative estimate of drug-likeness (QED) is 0.0430. The minimum absolute atomic E-state index is 0.000575. The molecule has 1 unspecified atom stereocenters. The van der Waals surface area contributed by atoms with E-state index in [0.717, 1.165) is 13.2 Å². The van der Waals surface area contributed by atoms with Gasteiger partial charge in [-0.2, -0.15) is 0 Å². The highest BCUT2D eigenvalue weighted by molar-refractivity contribution is 5.90. The van der Waals surface area contributed by atoms with Crippen molar-refractivity contribution < 1.29 is 38.4 Å². The first-order valence-electron chi connectivity index (χ1n) is 15.7. The summed E-state index contributed by atoms with van der Waals surface area (Å²) < 4.78 is 15.1. The van der Waals surface area contributed by atoms with Crippen molar-refractivity contribution in [3.8, 4) is 0 Å². The van der Waals surface area contributed by atoms with Gasteiger partial charge in [-0.1, -0.05) is 43.5 Å². The molecule has 0 saturated heterocycles. The third kappa shape index (κ3) is 12.6. The number of esters is 1. The van der Waals surface area contributed by atoms with Crippen LogP contribution in [0.5, 0.6) is 0 Å². The minimum atomic E-state index is -1.02. The van der Waals surface area contributed by atoms with Gasteiger partial charge in [0.1, 0.15) is 13.2 Å². The number of hydrogen-bond acceptors (Lipinski definition) is 12. The number of carbonyl (C=O) groups excluding carboxylic acids is 3. The molecule has 0 aliphatic heterocycles. The van der Waals surface area contributed by atoms with Crippen LogP contribution in [0.15, 0.2) is 67.8 Å². The third-order valence-corrected chi connectivity index (χ3v) is 7.26. The van der Waals surface area contributed by atoms with Crippen LogP contribution in [0.25, 0.3) is 0 Å². The van der Waals surface area contributed by atoms with E-state index in [2.05, 4.69) is 18.5 Å². The lowest BCUT2D eigenvalue weighted by Gasteiger charge is -2.25. The smallest absolute Gasteiger partial charge is 0.410 e. The van der Waals surface area contributed by atoms with Crippen LogP contribution in [0.4, 0.5) is 21.0 Å². The third-order valence-electron chi connectivity index (χ3n) is 7.26. The average Bonchev–Trinajstić information content (AvgIpc) is 3.10. The molecule has 0 saturated carbocycles. The van der Waals surface area contributed by atoms with E-state index in [9.17, 15) is 34.6 Å². The maximum atomic E-state index is 12.9. The van der Waals surface area contributed by atoms with Gasteiger partial charge in [-0.05, 0) is 50.9 Å². The summed E-state index contributed by atoms with van der Waals surface area (Å²) in [5, 5.41) is 27.2. The lowest BCUT2D eigenvalue weighted by molar-refractivity contribution is -0.386. The summed E-state index contributed by atoms with van der Waals surface area (Å²) in [6, 6.07) is 8.63. The van der Waals surface area contributed by atoms with Crippen molar-refractivity contribution in [3.63, 3.8) is 0 Å². The summed E-state index contributed by atoms with van der Waals surface area (Å²) in [7, 11) is 1.15. The lowest BCUT2D eigenvalue weighted by Crippen LogP contribution is -2.37. The van der Waals surface area contributed by atoms with E-state index in [-0.39, 0.29) is 48.7 Å². The van der Waals surface area contributed by atoms with Gasteiger partial charge >= 0.3 is 18.2 Å². The molecule has 1 atom stereocenters. The van der Waals surface area contributed by atoms with E-state index in [1.54, 1.807) is 11.0 Å². The average molecular weight is 685 g/mol. The number of hydrogen-bond donors (Lipinski definition) is 2. The van der Waals surface area contributed by atoms with Gasteiger partial charge in [0.2, 0.25) is 0 Å². The van der Waals surface area contributed by atoms with E-state index < -0.39 is 39.7 Å². The molecular formula is C33H44N6O10. The molecule has 266 valence electrons. The minimum Gasteiger partial charge on any atom is -0.465 e. The molecule has 0 fully saturated rings. The maximum Gasteiger partial charge on any atom is 0.410 e. The highest BCUT2D eigenvalue weighted by Gasteiger charge is 2.30. The molecule has 16 nitrogen and oxygen atoms in total. The Balaban J connectivity index is 2.23. The van der Waals surface area contributed by atoms with Crippen LogP contribution < -0.4 is 11.1 Å². The zero-order valence-electron chi connectivity index (χ0n) is 27.6. The van der Waals surface area contributed by atoms with Gasteiger partial charge in [0.15, 0.2) is 0 Å². The number of nitro groups is 2. The van der Waals surface area contributed by atoms with E-state index in [1.807, 2.05) is 0 Å². The molecule has 0 aliphatic rings. The van der Waals surface area contributed by atoms with Crippen molar-refractivity contribution in [1.82, 2.24) is 15.1 Å². The second kappa shape index (κ2) is 21.5. The zero-order valence-corrected chi connectivity index (χ0v) is 27.6. The van der Waals surface area contributed by atoms with Gasteiger partial charge in [-0.15, -0.1) is 0 Å². The molecule has 3 N–H and O–H groups in total. The standard InChI is InChI=1S/C33H44N6O10/c1-4-22-48-32(41)36(20-10-16-34)18-8-9-19-37(33(42)49-23-5-2)21-11-17-35-30(26-12-6-7-13-28(26)38(43)44)27-15-14-25(31(40)47-3)24-29(27)39(45)46/h4-7,12-15,24,30,35H,1-2,8-11,16-23,34H2,3H3. The van der Waals surface area contributed by atoms with Crippen LogP contribution >= 0.6 is 0 Å². The van der Waals surface area contributed by atoms with Crippen LogP contribution in [0.3, 0.4) is 0 Å². The predicted molar refractivity (Wildman–Crippen MR) is 181 cm³/mol. The second-order valence-electron chi connectivity index (χ2n) is 10.6. The summed E-state index contributed by atoms with van der Waals surface area (Å²) >= 11 is 0. The largest absolute Gasteiger partial charge is 0.465 e. The van der Waals surface area contributed by atoms with Gasteiger partial charge in [-0.25, -0.2) is 14.4 Å². The molecule has 16 heteroatoms. The Labute approximate surface area is 284 Å². The van der Waals surface area contributed by atoms with Crippen LogP contribution in [0.2, 0.25) is 0 Å². The van der Waals surface area contributed by atoms with Crippen molar-refractivity contribution in [2.24, 2.45) is 5.73 Å². The second-order valence-corrected chi connectivity index (χ2v) is 10.6. The summed E-state index contributed by atoms with van der Waals surface area (Å²) in [6.07, 6.45) is 3.89. The fraction of sp³-hybridized carbons (Fsp3) is 0.424. The van der Waals surface area contributed by atoms with Crippen LogP contribution in [0.1, 0.15) is 53.2 Å². The topological polar surface area (TPSA) is 210 Å². The van der Waals surface area contributed by atoms with Gasteiger partial charge in [0.25, 0.3) is 11.4 Å². The monoisotopic (exact) mass is 684 g/mol. The van der Waals surface area contributed by atoms with Crippen molar-refractivity contribution in [2.75, 3.05) is 59.6 Å². The van der Waals surface area contributed by atoms with Crippen molar-refractivity contribution in [2.45, 2.75) is 31.7 Å². The normalized spacial score (nSPS) is 11.1. The number of ether oxygens (including phenoxy) is 3. The van der Waals surface area contributed by atoms with Crippen LogP contribution in [-0.2, 0) is 14.2 Å². The number of amides is 2. The first-order valence-corrected chi connectivity index (χ1v) is 15.7. The van der Waals surface area contributed by atoms with Gasteiger partial charge < -0.3 is 35.1 Å². The molecule has 0 aromatic heterocycles. The number of para-hydroxylation sites is 1. The van der Waals surface area contributed by atoms with E-state index >= 15 is 0 Å². The van der Waals surface area contributed by atoms with E-state index in [1.165, 1.54) is 47.4 Å². The fourth-order valence-electron chi connectivity index (χ4n) is 4.91. The highest BCUT2D eigenvalue weighted by Crippen LogP contribution is 2.35. The highest BCUT2D eigenvalue weighted by atomic mass is 16.6. The summed E-state index contributed by atoms with van der Waals surface area (Å²) in [5.74, 6) is -0.774.